The summed E-state index contributed by atoms with van der Waals surface area (Å²) in [7, 11) is -1.90. The molecule has 1 heterocycles. The van der Waals surface area contributed by atoms with Crippen LogP contribution in [-0.2, 0) is 25.8 Å². The van der Waals surface area contributed by atoms with Crippen LogP contribution in [0, 0.1) is 0 Å². The first-order valence-corrected chi connectivity index (χ1v) is 7.30. The van der Waals surface area contributed by atoms with Gasteiger partial charge in [-0.25, -0.2) is 8.42 Å². The van der Waals surface area contributed by atoms with Gasteiger partial charge in [0.15, 0.2) is 9.84 Å². The lowest BCUT2D eigenvalue weighted by Gasteiger charge is -2.18. The lowest BCUT2D eigenvalue weighted by molar-refractivity contribution is -0.142. The molecule has 0 bridgehead atoms. The monoisotopic (exact) mass is 269 g/mol. The molecule has 1 aliphatic rings. The molecule has 1 atom stereocenters. The predicted molar refractivity (Wildman–Crippen MR) is 65.8 cm³/mol. The smallest absolute Gasteiger partial charge is 0.327 e. The molecular weight excluding hydrogens is 254 g/mol. The summed E-state index contributed by atoms with van der Waals surface area (Å²) in [5, 5.41) is 0. The number of esters is 1. The second-order valence-corrected chi connectivity index (χ2v) is 6.37. The Morgan fingerprint density at radius 2 is 2.17 bits per heavy atom. The summed E-state index contributed by atoms with van der Waals surface area (Å²) in [6.45, 7) is 0. The van der Waals surface area contributed by atoms with E-state index in [1.165, 1.54) is 13.2 Å². The van der Waals surface area contributed by atoms with Crippen LogP contribution in [0.2, 0.25) is 0 Å². The number of hydrogen-bond donors (Lipinski definition) is 1. The van der Waals surface area contributed by atoms with Crippen LogP contribution >= 0.6 is 0 Å². The Hall–Kier alpha value is -1.40. The van der Waals surface area contributed by atoms with Crippen LogP contribution in [0.15, 0.2) is 23.1 Å². The number of aryl methyl sites for hydroxylation is 1. The van der Waals surface area contributed by atoms with Gasteiger partial charge in [0, 0.05) is 0 Å². The van der Waals surface area contributed by atoms with Crippen LogP contribution in [-0.4, -0.2) is 27.2 Å². The Kier molecular flexibility index (Phi) is 3.41. The number of carbonyl (C=O) groups is 1. The Morgan fingerprint density at radius 3 is 2.83 bits per heavy atom. The van der Waals surface area contributed by atoms with E-state index in [0.717, 1.165) is 5.56 Å². The third-order valence-corrected chi connectivity index (χ3v) is 4.99. The molecule has 2 rings (SSSR count). The first-order chi connectivity index (χ1) is 8.45. The normalized spacial score (nSPS) is 18.8. The summed E-state index contributed by atoms with van der Waals surface area (Å²) in [4.78, 5) is 11.7. The van der Waals surface area contributed by atoms with Crippen molar-refractivity contribution in [3.63, 3.8) is 0 Å². The van der Waals surface area contributed by atoms with Crippen LogP contribution in [0.4, 0.5) is 0 Å². The number of carbonyl (C=O) groups excluding carboxylic acids is 1. The largest absolute Gasteiger partial charge is 0.468 e. The van der Waals surface area contributed by atoms with E-state index in [0.29, 0.717) is 23.3 Å². The van der Waals surface area contributed by atoms with E-state index in [4.69, 9.17) is 5.73 Å². The number of ether oxygens (including phenoxy) is 1. The molecule has 1 aliphatic heterocycles. The summed E-state index contributed by atoms with van der Waals surface area (Å²) in [6, 6.07) is 3.92. The number of sulfone groups is 1. The molecule has 0 fully saturated rings. The topological polar surface area (TPSA) is 86.5 Å². The molecule has 5 nitrogen and oxygen atoms in total. The van der Waals surface area contributed by atoms with Gasteiger partial charge >= 0.3 is 5.97 Å². The molecular formula is C12H15NO4S. The predicted octanol–water partition coefficient (Wildman–Crippen LogP) is 0.579. The maximum Gasteiger partial charge on any atom is 0.327 e. The summed E-state index contributed by atoms with van der Waals surface area (Å²) in [5.74, 6) is -0.351. The maximum atomic E-state index is 11.8. The van der Waals surface area contributed by atoms with Gasteiger partial charge in [-0.1, -0.05) is 12.1 Å². The number of hydrogen-bond acceptors (Lipinski definition) is 5. The van der Waals surface area contributed by atoms with Crippen molar-refractivity contribution in [1.29, 1.82) is 0 Å². The minimum absolute atomic E-state index is 0.183. The van der Waals surface area contributed by atoms with Gasteiger partial charge < -0.3 is 10.5 Å². The lowest BCUT2D eigenvalue weighted by Crippen LogP contribution is -2.23. The fourth-order valence-corrected chi connectivity index (χ4v) is 3.70. The number of benzene rings is 1. The minimum atomic E-state index is -3.17. The molecule has 0 saturated carbocycles. The average Bonchev–Trinajstić information content (AvgIpc) is 2.36. The molecule has 0 radical (unpaired) electrons. The maximum absolute atomic E-state index is 11.8. The molecule has 1 unspecified atom stereocenters. The van der Waals surface area contributed by atoms with Crippen molar-refractivity contribution < 1.29 is 17.9 Å². The van der Waals surface area contributed by atoms with Crippen LogP contribution in [0.1, 0.15) is 23.6 Å². The summed E-state index contributed by atoms with van der Waals surface area (Å²) in [5.41, 5.74) is 7.04. The zero-order chi connectivity index (χ0) is 13.3. The SMILES string of the molecule is COC(=O)C(N)c1ccc2c(c1)CCCS2(=O)=O. The van der Waals surface area contributed by atoms with E-state index in [-0.39, 0.29) is 5.75 Å². The molecule has 0 aromatic heterocycles. The van der Waals surface area contributed by atoms with Crippen molar-refractivity contribution in [3.05, 3.63) is 29.3 Å². The van der Waals surface area contributed by atoms with E-state index in [2.05, 4.69) is 4.74 Å². The van der Waals surface area contributed by atoms with E-state index < -0.39 is 21.8 Å². The van der Waals surface area contributed by atoms with Gasteiger partial charge in [-0.3, -0.25) is 4.79 Å². The second kappa shape index (κ2) is 4.70. The minimum Gasteiger partial charge on any atom is -0.468 e. The summed E-state index contributed by atoms with van der Waals surface area (Å²) < 4.78 is 28.2. The van der Waals surface area contributed by atoms with Crippen molar-refractivity contribution in [2.24, 2.45) is 5.73 Å². The molecule has 0 spiro atoms. The number of methoxy groups -OCH3 is 1. The quantitative estimate of drug-likeness (QED) is 0.794. The molecule has 1 aromatic carbocycles. The molecule has 0 aliphatic carbocycles. The molecule has 0 saturated heterocycles. The first-order valence-electron chi connectivity index (χ1n) is 5.64. The van der Waals surface area contributed by atoms with Crippen LogP contribution in [0.3, 0.4) is 0 Å². The average molecular weight is 269 g/mol. The third-order valence-electron chi connectivity index (χ3n) is 3.09. The standard InChI is InChI=1S/C12H15NO4S/c1-17-12(14)11(13)9-4-5-10-8(7-9)3-2-6-18(10,15)16/h4-5,7,11H,2-3,6,13H2,1H3. The van der Waals surface area contributed by atoms with Gasteiger partial charge in [0.25, 0.3) is 0 Å². The Balaban J connectivity index is 2.42. The van der Waals surface area contributed by atoms with E-state index in [9.17, 15) is 13.2 Å². The third kappa shape index (κ3) is 2.26. The van der Waals surface area contributed by atoms with E-state index >= 15 is 0 Å². The highest BCUT2D eigenvalue weighted by atomic mass is 32.2. The molecule has 2 N–H and O–H groups in total. The van der Waals surface area contributed by atoms with Gasteiger partial charge in [0.05, 0.1) is 17.8 Å². The van der Waals surface area contributed by atoms with Crippen molar-refractivity contribution in [2.75, 3.05) is 12.9 Å². The van der Waals surface area contributed by atoms with Crippen molar-refractivity contribution >= 4 is 15.8 Å². The highest BCUT2D eigenvalue weighted by Gasteiger charge is 2.25. The van der Waals surface area contributed by atoms with Crippen molar-refractivity contribution in [1.82, 2.24) is 0 Å². The lowest BCUT2D eigenvalue weighted by atomic mass is 10.0. The molecule has 1 aromatic rings. The van der Waals surface area contributed by atoms with Gasteiger partial charge in [-0.15, -0.1) is 0 Å². The zero-order valence-corrected chi connectivity index (χ0v) is 10.9. The fourth-order valence-electron chi connectivity index (χ4n) is 2.12. The van der Waals surface area contributed by atoms with E-state index in [1.54, 1.807) is 12.1 Å². The Labute approximate surface area is 106 Å². The van der Waals surface area contributed by atoms with Gasteiger partial charge in [0.1, 0.15) is 6.04 Å². The zero-order valence-electron chi connectivity index (χ0n) is 10.0. The highest BCUT2D eigenvalue weighted by Crippen LogP contribution is 2.27. The molecule has 18 heavy (non-hydrogen) atoms. The van der Waals surface area contributed by atoms with Crippen LogP contribution in [0.5, 0.6) is 0 Å². The summed E-state index contributed by atoms with van der Waals surface area (Å²) >= 11 is 0. The van der Waals surface area contributed by atoms with Gasteiger partial charge in [-0.05, 0) is 30.0 Å². The molecule has 98 valence electrons. The molecule has 6 heteroatoms. The second-order valence-electron chi connectivity index (χ2n) is 4.29. The Morgan fingerprint density at radius 1 is 1.44 bits per heavy atom. The van der Waals surface area contributed by atoms with Crippen molar-refractivity contribution in [2.45, 2.75) is 23.8 Å². The highest BCUT2D eigenvalue weighted by molar-refractivity contribution is 7.91. The Bertz CT molecular complexity index is 580. The summed E-state index contributed by atoms with van der Waals surface area (Å²) in [6.07, 6.45) is 1.29. The number of rotatable bonds is 2. The van der Waals surface area contributed by atoms with Crippen molar-refractivity contribution in [3.8, 4) is 0 Å². The van der Waals surface area contributed by atoms with Gasteiger partial charge in [0.2, 0.25) is 0 Å². The van der Waals surface area contributed by atoms with Gasteiger partial charge in [-0.2, -0.15) is 0 Å². The van der Waals surface area contributed by atoms with Crippen LogP contribution in [0.25, 0.3) is 0 Å². The fraction of sp³-hybridized carbons (Fsp3) is 0.417. The van der Waals surface area contributed by atoms with E-state index in [1.807, 2.05) is 0 Å². The van der Waals surface area contributed by atoms with Crippen LogP contribution < -0.4 is 5.73 Å². The number of nitrogens with two attached hydrogens (primary N) is 1. The molecule has 0 amide bonds. The number of fused-ring (bicyclic) bond motifs is 1. The first kappa shape index (κ1) is 13.0.